The number of hydrogen-bond donors (Lipinski definition) is 2. The van der Waals surface area contributed by atoms with Crippen LogP contribution in [0.15, 0.2) is 24.3 Å². The van der Waals surface area contributed by atoms with Crippen molar-refractivity contribution in [3.8, 4) is 5.75 Å². The zero-order valence-corrected chi connectivity index (χ0v) is 11.8. The van der Waals surface area contributed by atoms with Crippen molar-refractivity contribution in [3.05, 3.63) is 34.4 Å². The van der Waals surface area contributed by atoms with Crippen LogP contribution in [-0.2, 0) is 4.79 Å². The van der Waals surface area contributed by atoms with Gasteiger partial charge in [0.05, 0.1) is 4.92 Å². The Hall–Kier alpha value is -2.64. The van der Waals surface area contributed by atoms with Crippen molar-refractivity contribution >= 4 is 17.7 Å². The lowest BCUT2D eigenvalue weighted by molar-refractivity contribution is -0.384. The van der Waals surface area contributed by atoms with Gasteiger partial charge in [-0.15, -0.1) is 0 Å². The summed E-state index contributed by atoms with van der Waals surface area (Å²) in [5.41, 5.74) is -0.832. The molecule has 0 unspecified atom stereocenters. The highest BCUT2D eigenvalue weighted by molar-refractivity contribution is 5.81. The molecule has 0 aliphatic rings. The summed E-state index contributed by atoms with van der Waals surface area (Å²) in [4.78, 5) is 32.7. The number of non-ortho nitro benzene ring substituents is 1. The number of amides is 1. The maximum absolute atomic E-state index is 11.7. The number of carboxylic acids is 1. The van der Waals surface area contributed by atoms with Gasteiger partial charge in [-0.2, -0.15) is 0 Å². The number of benzene rings is 1. The number of aliphatic carboxylic acids is 1. The maximum Gasteiger partial charge on any atom is 0.413 e. The molecule has 0 fully saturated rings. The third kappa shape index (κ3) is 4.75. The van der Waals surface area contributed by atoms with Crippen molar-refractivity contribution in [2.45, 2.75) is 26.8 Å². The van der Waals surface area contributed by atoms with Gasteiger partial charge in [-0.1, -0.05) is 20.8 Å². The minimum absolute atomic E-state index is 0.0798. The molecule has 8 heteroatoms. The van der Waals surface area contributed by atoms with Crippen LogP contribution in [0.4, 0.5) is 10.5 Å². The highest BCUT2D eigenvalue weighted by atomic mass is 16.6. The summed E-state index contributed by atoms with van der Waals surface area (Å²) in [6.07, 6.45) is -0.939. The van der Waals surface area contributed by atoms with Crippen LogP contribution in [0, 0.1) is 15.5 Å². The van der Waals surface area contributed by atoms with Crippen LogP contribution in [0.2, 0.25) is 0 Å². The van der Waals surface area contributed by atoms with Crippen molar-refractivity contribution in [1.29, 1.82) is 0 Å². The fourth-order valence-electron chi connectivity index (χ4n) is 1.54. The van der Waals surface area contributed by atoms with E-state index in [1.807, 2.05) is 0 Å². The van der Waals surface area contributed by atoms with Gasteiger partial charge in [0, 0.05) is 12.1 Å². The van der Waals surface area contributed by atoms with Crippen LogP contribution in [0.1, 0.15) is 20.8 Å². The summed E-state index contributed by atoms with van der Waals surface area (Å²) >= 11 is 0. The van der Waals surface area contributed by atoms with Gasteiger partial charge in [-0.25, -0.2) is 9.59 Å². The Morgan fingerprint density at radius 3 is 2.19 bits per heavy atom. The van der Waals surface area contributed by atoms with E-state index in [-0.39, 0.29) is 11.4 Å². The Bertz CT molecular complexity index is 547. The first-order valence-corrected chi connectivity index (χ1v) is 6.07. The number of ether oxygens (including phenoxy) is 1. The molecule has 0 heterocycles. The number of carbonyl (C=O) groups is 2. The van der Waals surface area contributed by atoms with Gasteiger partial charge in [0.15, 0.2) is 0 Å². The predicted octanol–water partition coefficient (Wildman–Crippen LogP) is 2.18. The first-order valence-electron chi connectivity index (χ1n) is 6.07. The average molecular weight is 296 g/mol. The second-order valence-electron chi connectivity index (χ2n) is 5.42. The van der Waals surface area contributed by atoms with Crippen LogP contribution < -0.4 is 10.1 Å². The third-order valence-electron chi connectivity index (χ3n) is 2.63. The summed E-state index contributed by atoms with van der Waals surface area (Å²) in [6, 6.07) is 3.75. The molecule has 0 aliphatic carbocycles. The summed E-state index contributed by atoms with van der Waals surface area (Å²) in [5, 5.41) is 21.8. The quantitative estimate of drug-likeness (QED) is 0.649. The zero-order valence-electron chi connectivity index (χ0n) is 11.8. The number of carboxylic acid groups (broad SMARTS) is 1. The lowest BCUT2D eigenvalue weighted by Gasteiger charge is -2.27. The number of nitro groups is 1. The molecule has 1 aromatic rings. The van der Waals surface area contributed by atoms with E-state index in [2.05, 4.69) is 5.32 Å². The molecule has 0 radical (unpaired) electrons. The molecule has 2 N–H and O–H groups in total. The number of rotatable bonds is 4. The Labute approximate surface area is 120 Å². The van der Waals surface area contributed by atoms with Crippen LogP contribution >= 0.6 is 0 Å². The molecule has 0 bridgehead atoms. The molecule has 1 amide bonds. The predicted molar refractivity (Wildman–Crippen MR) is 73.1 cm³/mol. The van der Waals surface area contributed by atoms with Gasteiger partial charge in [-0.05, 0) is 17.5 Å². The molecule has 0 spiro atoms. The topological polar surface area (TPSA) is 119 Å². The first-order chi connectivity index (χ1) is 9.61. The van der Waals surface area contributed by atoms with Crippen LogP contribution in [-0.4, -0.2) is 28.1 Å². The standard InChI is InChI=1S/C13H16N2O6/c1-13(2,3)10(11(16)17)14-12(18)21-9-6-4-8(5-7-9)15(19)20/h4-7,10H,1-3H3,(H,14,18)(H,16,17)/t10-/m1/s1. The van der Waals surface area contributed by atoms with Crippen molar-refractivity contribution in [2.24, 2.45) is 5.41 Å². The maximum atomic E-state index is 11.7. The summed E-state index contributed by atoms with van der Waals surface area (Å²) in [6.45, 7) is 4.99. The van der Waals surface area contributed by atoms with E-state index in [0.717, 1.165) is 0 Å². The van der Waals surface area contributed by atoms with Crippen molar-refractivity contribution in [1.82, 2.24) is 5.32 Å². The molecule has 114 valence electrons. The highest BCUT2D eigenvalue weighted by Crippen LogP contribution is 2.20. The molecule has 0 saturated heterocycles. The average Bonchev–Trinajstić information content (AvgIpc) is 2.35. The molecule has 8 nitrogen and oxygen atoms in total. The lowest BCUT2D eigenvalue weighted by atomic mass is 9.87. The van der Waals surface area contributed by atoms with E-state index in [0.29, 0.717) is 0 Å². The summed E-state index contributed by atoms with van der Waals surface area (Å²) in [7, 11) is 0. The Balaban J connectivity index is 2.72. The molecule has 1 atom stereocenters. The highest BCUT2D eigenvalue weighted by Gasteiger charge is 2.33. The normalized spacial score (nSPS) is 12.3. The molecule has 0 aliphatic heterocycles. The van der Waals surface area contributed by atoms with Gasteiger partial charge in [0.25, 0.3) is 5.69 Å². The smallest absolute Gasteiger partial charge is 0.413 e. The number of nitrogens with one attached hydrogen (secondary N) is 1. The number of hydrogen-bond acceptors (Lipinski definition) is 5. The Morgan fingerprint density at radius 1 is 1.29 bits per heavy atom. The molecule has 0 saturated carbocycles. The third-order valence-corrected chi connectivity index (χ3v) is 2.63. The van der Waals surface area contributed by atoms with Crippen LogP contribution in [0.5, 0.6) is 5.75 Å². The van der Waals surface area contributed by atoms with Gasteiger partial charge < -0.3 is 15.2 Å². The fraction of sp³-hybridized carbons (Fsp3) is 0.385. The number of nitrogens with zero attached hydrogens (tertiary/aromatic N) is 1. The minimum Gasteiger partial charge on any atom is -0.480 e. The van der Waals surface area contributed by atoms with Gasteiger partial charge in [0.2, 0.25) is 0 Å². The van der Waals surface area contributed by atoms with Crippen molar-refractivity contribution < 1.29 is 24.4 Å². The van der Waals surface area contributed by atoms with E-state index in [1.165, 1.54) is 24.3 Å². The summed E-state index contributed by atoms with van der Waals surface area (Å²) in [5.74, 6) is -1.10. The van der Waals surface area contributed by atoms with Gasteiger partial charge in [-0.3, -0.25) is 10.1 Å². The Kier molecular flexibility index (Phi) is 4.85. The van der Waals surface area contributed by atoms with E-state index < -0.39 is 28.4 Å². The van der Waals surface area contributed by atoms with E-state index in [1.54, 1.807) is 20.8 Å². The van der Waals surface area contributed by atoms with Crippen molar-refractivity contribution in [3.63, 3.8) is 0 Å². The Morgan fingerprint density at radius 2 is 1.81 bits per heavy atom. The van der Waals surface area contributed by atoms with Gasteiger partial charge in [0.1, 0.15) is 11.8 Å². The minimum atomic E-state index is -1.18. The second-order valence-corrected chi connectivity index (χ2v) is 5.42. The largest absolute Gasteiger partial charge is 0.480 e. The summed E-state index contributed by atoms with van der Waals surface area (Å²) < 4.78 is 4.89. The monoisotopic (exact) mass is 296 g/mol. The SMILES string of the molecule is CC(C)(C)[C@H](NC(=O)Oc1ccc([N+](=O)[O-])cc1)C(=O)O. The molecular formula is C13H16N2O6. The molecule has 21 heavy (non-hydrogen) atoms. The fourth-order valence-corrected chi connectivity index (χ4v) is 1.54. The molecule has 1 aromatic carbocycles. The molecule has 0 aromatic heterocycles. The van der Waals surface area contributed by atoms with Crippen LogP contribution in [0.25, 0.3) is 0 Å². The number of carbonyl (C=O) groups excluding carboxylic acids is 1. The lowest BCUT2D eigenvalue weighted by Crippen LogP contribution is -2.49. The van der Waals surface area contributed by atoms with Crippen molar-refractivity contribution in [2.75, 3.05) is 0 Å². The van der Waals surface area contributed by atoms with E-state index in [9.17, 15) is 19.7 Å². The van der Waals surface area contributed by atoms with Gasteiger partial charge >= 0.3 is 12.1 Å². The van der Waals surface area contributed by atoms with E-state index >= 15 is 0 Å². The van der Waals surface area contributed by atoms with Crippen LogP contribution in [0.3, 0.4) is 0 Å². The zero-order chi connectivity index (χ0) is 16.2. The first kappa shape index (κ1) is 16.4. The number of nitro benzene ring substituents is 1. The second kappa shape index (κ2) is 6.21. The molecule has 1 rings (SSSR count). The molecular weight excluding hydrogens is 280 g/mol. The van der Waals surface area contributed by atoms with E-state index in [4.69, 9.17) is 9.84 Å².